The van der Waals surface area contributed by atoms with Crippen molar-refractivity contribution in [1.82, 2.24) is 19.7 Å². The molecule has 8 heteroatoms. The highest BCUT2D eigenvalue weighted by Gasteiger charge is 2.28. The van der Waals surface area contributed by atoms with Crippen LogP contribution in [0.4, 0.5) is 4.79 Å². The van der Waals surface area contributed by atoms with Crippen LogP contribution < -0.4 is 0 Å². The third kappa shape index (κ3) is 6.25. The molecule has 4 rings (SSSR count). The molecule has 1 aromatic heterocycles. The van der Waals surface area contributed by atoms with Gasteiger partial charge in [0.25, 0.3) is 5.91 Å². The maximum absolute atomic E-state index is 13.0. The maximum Gasteiger partial charge on any atom is 0.410 e. The molecule has 0 aliphatic carbocycles. The number of nitrogens with zero attached hydrogens (tertiary/aromatic N) is 4. The molecule has 0 spiro atoms. The molecule has 2 fully saturated rings. The molecule has 3 heterocycles. The summed E-state index contributed by atoms with van der Waals surface area (Å²) in [5.74, 6) is 2.58. The average Bonchev–Trinajstić information content (AvgIpc) is 3.38. The van der Waals surface area contributed by atoms with E-state index in [-0.39, 0.29) is 24.5 Å². The first kappa shape index (κ1) is 24.0. The molecule has 2 saturated heterocycles. The van der Waals surface area contributed by atoms with E-state index in [1.165, 1.54) is 5.56 Å². The van der Waals surface area contributed by atoms with E-state index in [1.807, 2.05) is 28.5 Å². The number of carbonyl (C=O) groups excluding carboxylic acids is 2. The Balaban J connectivity index is 1.22. The number of ether oxygens (including phenoxy) is 1. The van der Waals surface area contributed by atoms with Gasteiger partial charge in [-0.25, -0.2) is 9.78 Å². The molecule has 0 bridgehead atoms. The third-order valence-electron chi connectivity index (χ3n) is 6.26. The zero-order chi connectivity index (χ0) is 23.8. The highest BCUT2D eigenvalue weighted by atomic mass is 32.1. The number of aromatic nitrogens is 1. The summed E-state index contributed by atoms with van der Waals surface area (Å²) in [5, 5.41) is 2.85. The van der Waals surface area contributed by atoms with Crippen LogP contribution in [0.5, 0.6) is 0 Å². The number of rotatable bonds is 6. The van der Waals surface area contributed by atoms with E-state index in [0.29, 0.717) is 31.9 Å². The molecule has 2 aliphatic rings. The molecule has 0 unspecified atom stereocenters. The normalized spacial score (nSPS) is 17.6. The molecular weight excluding hydrogens is 448 g/mol. The first-order valence-corrected chi connectivity index (χ1v) is 12.6. The number of hydrogen-bond donors (Lipinski definition) is 0. The molecule has 178 valence electrons. The Morgan fingerprint density at radius 1 is 1.09 bits per heavy atom. The first-order chi connectivity index (χ1) is 16.6. The lowest BCUT2D eigenvalue weighted by Crippen LogP contribution is -2.48. The predicted molar refractivity (Wildman–Crippen MR) is 134 cm³/mol. The van der Waals surface area contributed by atoms with Crippen molar-refractivity contribution in [3.8, 4) is 12.3 Å². The fraction of sp³-hybridized carbons (Fsp3) is 0.423. The summed E-state index contributed by atoms with van der Waals surface area (Å²) in [6, 6.07) is 10.3. The number of piperidine rings is 1. The molecule has 34 heavy (non-hydrogen) atoms. The molecule has 7 nitrogen and oxygen atoms in total. The number of benzene rings is 1. The van der Waals surface area contributed by atoms with Crippen LogP contribution in [0.25, 0.3) is 6.08 Å². The second-order valence-electron chi connectivity index (χ2n) is 8.50. The fourth-order valence-corrected chi connectivity index (χ4v) is 5.24. The molecule has 0 radical (unpaired) electrons. The Bertz CT molecular complexity index is 1030. The van der Waals surface area contributed by atoms with Crippen molar-refractivity contribution in [1.29, 1.82) is 0 Å². The molecule has 1 aromatic carbocycles. The van der Waals surface area contributed by atoms with Gasteiger partial charge in [0, 0.05) is 57.1 Å². The Morgan fingerprint density at radius 2 is 1.82 bits per heavy atom. The van der Waals surface area contributed by atoms with Gasteiger partial charge < -0.3 is 14.5 Å². The van der Waals surface area contributed by atoms with Gasteiger partial charge in [-0.2, -0.15) is 0 Å². The van der Waals surface area contributed by atoms with Gasteiger partial charge in [0.15, 0.2) is 6.61 Å². The Labute approximate surface area is 205 Å². The number of terminal acetylenes is 1. The third-order valence-corrected chi connectivity index (χ3v) is 7.26. The molecular formula is C26H30N4O3S. The molecule has 0 saturated carbocycles. The highest BCUT2D eigenvalue weighted by Crippen LogP contribution is 2.31. The highest BCUT2D eigenvalue weighted by molar-refractivity contribution is 7.09. The zero-order valence-electron chi connectivity index (χ0n) is 19.3. The lowest BCUT2D eigenvalue weighted by Gasteiger charge is -2.33. The monoisotopic (exact) mass is 478 g/mol. The van der Waals surface area contributed by atoms with Crippen LogP contribution in [0, 0.1) is 12.3 Å². The summed E-state index contributed by atoms with van der Waals surface area (Å²) in [7, 11) is 0. The minimum Gasteiger partial charge on any atom is -0.436 e. The maximum atomic E-state index is 13.0. The topological polar surface area (TPSA) is 66.0 Å². The minimum atomic E-state index is -0.360. The van der Waals surface area contributed by atoms with Crippen molar-refractivity contribution >= 4 is 29.4 Å². The summed E-state index contributed by atoms with van der Waals surface area (Å²) in [5.41, 5.74) is 1.73. The Kier molecular flexibility index (Phi) is 8.34. The number of piperazine rings is 1. The van der Waals surface area contributed by atoms with Gasteiger partial charge in [-0.3, -0.25) is 9.69 Å². The molecule has 2 aromatic rings. The minimum absolute atomic E-state index is 0.00460. The molecule has 2 aliphatic heterocycles. The van der Waals surface area contributed by atoms with E-state index in [9.17, 15) is 9.59 Å². The quantitative estimate of drug-likeness (QED) is 0.594. The van der Waals surface area contributed by atoms with Crippen molar-refractivity contribution < 1.29 is 14.3 Å². The van der Waals surface area contributed by atoms with Gasteiger partial charge in [0.1, 0.15) is 5.69 Å². The number of amides is 2. The van der Waals surface area contributed by atoms with Gasteiger partial charge in [-0.05, 0) is 18.4 Å². The SMILES string of the molecule is C#CCOC(=O)N1CCC(c2nc(C(=O)N3CCN(CC=Cc4ccccc4)CC3)cs2)CC1. The molecule has 0 N–H and O–H groups in total. The van der Waals surface area contributed by atoms with E-state index >= 15 is 0 Å². The van der Waals surface area contributed by atoms with Crippen LogP contribution in [0.15, 0.2) is 41.8 Å². The standard InChI is InChI=1S/C26H30N4O3S/c1-2-19-33-26(32)30-13-10-22(11-14-30)24-27-23(20-34-24)25(31)29-17-15-28(16-18-29)12-6-9-21-7-4-3-5-8-21/h1,3-9,20,22H,10-19H2. The summed E-state index contributed by atoms with van der Waals surface area (Å²) in [6.07, 6.45) is 10.7. The summed E-state index contributed by atoms with van der Waals surface area (Å²) in [4.78, 5) is 35.6. The molecule has 0 atom stereocenters. The van der Waals surface area contributed by atoms with Gasteiger partial charge in [0.2, 0.25) is 0 Å². The largest absolute Gasteiger partial charge is 0.436 e. The van der Waals surface area contributed by atoms with E-state index in [0.717, 1.165) is 37.5 Å². The van der Waals surface area contributed by atoms with Crippen molar-refractivity contribution in [2.24, 2.45) is 0 Å². The summed E-state index contributed by atoms with van der Waals surface area (Å²) < 4.78 is 5.00. The lowest BCUT2D eigenvalue weighted by molar-refractivity contribution is 0.0645. The van der Waals surface area contributed by atoms with Crippen molar-refractivity contribution in [2.45, 2.75) is 18.8 Å². The predicted octanol–water partition coefficient (Wildman–Crippen LogP) is 3.56. The average molecular weight is 479 g/mol. The summed E-state index contributed by atoms with van der Waals surface area (Å²) in [6.45, 7) is 5.23. The smallest absolute Gasteiger partial charge is 0.410 e. The van der Waals surface area contributed by atoms with Crippen LogP contribution in [-0.4, -0.2) is 84.1 Å². The van der Waals surface area contributed by atoms with Crippen molar-refractivity contribution in [2.75, 3.05) is 52.4 Å². The Morgan fingerprint density at radius 3 is 2.53 bits per heavy atom. The zero-order valence-corrected chi connectivity index (χ0v) is 20.1. The van der Waals surface area contributed by atoms with Crippen molar-refractivity contribution in [3.63, 3.8) is 0 Å². The van der Waals surface area contributed by atoms with E-state index in [2.05, 4.69) is 40.1 Å². The van der Waals surface area contributed by atoms with Crippen LogP contribution in [-0.2, 0) is 4.74 Å². The van der Waals surface area contributed by atoms with E-state index in [4.69, 9.17) is 11.2 Å². The van der Waals surface area contributed by atoms with E-state index < -0.39 is 0 Å². The van der Waals surface area contributed by atoms with Crippen molar-refractivity contribution in [3.05, 3.63) is 58.1 Å². The first-order valence-electron chi connectivity index (χ1n) is 11.7. The fourth-order valence-electron chi connectivity index (χ4n) is 4.27. The second kappa shape index (κ2) is 11.8. The van der Waals surface area contributed by atoms with Crippen LogP contribution in [0.2, 0.25) is 0 Å². The van der Waals surface area contributed by atoms with E-state index in [1.54, 1.807) is 16.2 Å². The lowest BCUT2D eigenvalue weighted by atomic mass is 9.98. The number of thiazole rings is 1. The number of carbonyl (C=O) groups is 2. The second-order valence-corrected chi connectivity index (χ2v) is 9.39. The molecule has 2 amide bonds. The van der Waals surface area contributed by atoms with Gasteiger partial charge in [-0.1, -0.05) is 48.4 Å². The Hall–Kier alpha value is -3.15. The van der Waals surface area contributed by atoms with Crippen LogP contribution >= 0.6 is 11.3 Å². The van der Waals surface area contributed by atoms with Gasteiger partial charge in [0.05, 0.1) is 5.01 Å². The van der Waals surface area contributed by atoms with Crippen LogP contribution in [0.1, 0.15) is 39.8 Å². The van der Waals surface area contributed by atoms with Gasteiger partial charge in [-0.15, -0.1) is 17.8 Å². The van der Waals surface area contributed by atoms with Gasteiger partial charge >= 0.3 is 6.09 Å². The number of likely N-dealkylation sites (tertiary alicyclic amines) is 1. The van der Waals surface area contributed by atoms with Crippen LogP contribution in [0.3, 0.4) is 0 Å². The summed E-state index contributed by atoms with van der Waals surface area (Å²) >= 11 is 1.54. The number of hydrogen-bond acceptors (Lipinski definition) is 6.